The third-order valence-electron chi connectivity index (χ3n) is 4.14. The number of carbonyl (C=O) groups is 2. The van der Waals surface area contributed by atoms with Crippen LogP contribution in [0.3, 0.4) is 0 Å². The third-order valence-corrected chi connectivity index (χ3v) is 4.14. The Kier molecular flexibility index (Phi) is 4.63. The first kappa shape index (κ1) is 16.6. The maximum Gasteiger partial charge on any atom is 0.343 e. The van der Waals surface area contributed by atoms with E-state index in [0.29, 0.717) is 18.8 Å². The lowest BCUT2D eigenvalue weighted by Gasteiger charge is -2.40. The molecule has 2 radical (unpaired) electrons. The van der Waals surface area contributed by atoms with Crippen LogP contribution in [0.1, 0.15) is 15.9 Å². The van der Waals surface area contributed by atoms with Crippen LogP contribution in [-0.2, 0) is 11.2 Å². The third kappa shape index (κ3) is 3.32. The predicted molar refractivity (Wildman–Crippen MR) is 84.8 cm³/mol. The molecule has 1 fully saturated rings. The zero-order valence-electron chi connectivity index (χ0n) is 13.0. The molecule has 1 saturated heterocycles. The molecule has 8 nitrogen and oxygen atoms in total. The minimum absolute atomic E-state index is 0.0316. The monoisotopic (exact) mass is 333 g/mol. The summed E-state index contributed by atoms with van der Waals surface area (Å²) in [6, 6.07) is 2.54. The minimum atomic E-state index is -1.10. The Hall–Kier alpha value is -2.26. The fraction of sp³-hybridized carbons (Fsp3) is 0.467. The second-order valence-electron chi connectivity index (χ2n) is 5.96. The minimum Gasteiger partial charge on any atom is -0.776 e. The molecule has 0 bridgehead atoms. The summed E-state index contributed by atoms with van der Waals surface area (Å²) in [5, 5.41) is 18.3. The van der Waals surface area contributed by atoms with E-state index < -0.39 is 18.0 Å². The van der Waals surface area contributed by atoms with Crippen molar-refractivity contribution < 1.29 is 29.2 Å². The first-order chi connectivity index (χ1) is 11.5. The molecular weight excluding hydrogens is 315 g/mol. The van der Waals surface area contributed by atoms with E-state index in [-0.39, 0.29) is 24.0 Å². The Morgan fingerprint density at radius 2 is 2.17 bits per heavy atom. The van der Waals surface area contributed by atoms with Crippen LogP contribution in [0, 0.1) is 0 Å². The molecule has 2 heterocycles. The van der Waals surface area contributed by atoms with Gasteiger partial charge in [-0.15, -0.1) is 0 Å². The van der Waals surface area contributed by atoms with E-state index >= 15 is 0 Å². The summed E-state index contributed by atoms with van der Waals surface area (Å²) in [6.45, 7) is 1.25. The average Bonchev–Trinajstić information content (AvgIpc) is 2.51. The molecule has 1 atom stereocenters. The summed E-state index contributed by atoms with van der Waals surface area (Å²) in [5.41, 5.74) is 6.37. The highest BCUT2D eigenvalue weighted by molar-refractivity contribution is 6.29. The fourth-order valence-electron chi connectivity index (χ4n) is 2.88. The summed E-state index contributed by atoms with van der Waals surface area (Å²) < 4.78 is 11.2. The van der Waals surface area contributed by atoms with Crippen molar-refractivity contribution in [1.29, 1.82) is 0 Å². The van der Waals surface area contributed by atoms with E-state index in [0.717, 1.165) is 18.3 Å². The molecule has 0 aliphatic carbocycles. The highest BCUT2D eigenvalue weighted by atomic mass is 16.5. The second-order valence-corrected chi connectivity index (χ2v) is 5.96. The van der Waals surface area contributed by atoms with E-state index in [2.05, 4.69) is 0 Å². The van der Waals surface area contributed by atoms with Gasteiger partial charge in [-0.3, -0.25) is 9.69 Å². The van der Waals surface area contributed by atoms with Crippen molar-refractivity contribution in [3.8, 4) is 11.5 Å². The number of aryl methyl sites for hydroxylation is 1. The predicted octanol–water partition coefficient (Wildman–Crippen LogP) is -0.168. The van der Waals surface area contributed by atoms with Crippen LogP contribution in [0.4, 0.5) is 0 Å². The van der Waals surface area contributed by atoms with Crippen molar-refractivity contribution in [2.24, 2.45) is 5.73 Å². The molecule has 0 amide bonds. The van der Waals surface area contributed by atoms with E-state index in [1.807, 2.05) is 11.0 Å². The SMILES string of the molecule is N[C@@H](CN1CC(Oc2ccc3c(c2C(=O)O)O[B-]CC3)C1)C(=O)O. The normalized spacial score (nSPS) is 18.9. The van der Waals surface area contributed by atoms with Crippen LogP contribution in [0.5, 0.6) is 11.5 Å². The fourth-order valence-corrected chi connectivity index (χ4v) is 2.88. The zero-order chi connectivity index (χ0) is 17.3. The number of hydrogen-bond acceptors (Lipinski definition) is 6. The first-order valence-electron chi connectivity index (χ1n) is 7.70. The summed E-state index contributed by atoms with van der Waals surface area (Å²) in [6.07, 6.45) is 1.28. The van der Waals surface area contributed by atoms with Gasteiger partial charge in [0, 0.05) is 19.6 Å². The Balaban J connectivity index is 1.66. The quantitative estimate of drug-likeness (QED) is 0.614. The van der Waals surface area contributed by atoms with Gasteiger partial charge >= 0.3 is 11.9 Å². The Morgan fingerprint density at radius 3 is 2.83 bits per heavy atom. The molecule has 0 unspecified atom stereocenters. The summed E-state index contributed by atoms with van der Waals surface area (Å²) in [7, 11) is 1.59. The van der Waals surface area contributed by atoms with Crippen LogP contribution in [-0.4, -0.2) is 66.3 Å². The van der Waals surface area contributed by atoms with Crippen molar-refractivity contribution in [2.75, 3.05) is 19.6 Å². The van der Waals surface area contributed by atoms with Gasteiger partial charge in [-0.1, -0.05) is 20.0 Å². The van der Waals surface area contributed by atoms with Gasteiger partial charge in [0.2, 0.25) is 0 Å². The topological polar surface area (TPSA) is 122 Å². The molecule has 1 aromatic carbocycles. The Bertz CT molecular complexity index is 662. The molecule has 1 aromatic rings. The largest absolute Gasteiger partial charge is 0.776 e. The highest BCUT2D eigenvalue weighted by Gasteiger charge is 2.32. The standard InChI is InChI=1S/C15H18BN2O6/c17-10(14(19)20)7-18-5-9(6-18)23-11-2-1-8-3-4-16-24-13(8)12(11)15(21)22/h1-2,9-10H,3-7,17H2,(H,19,20)(H,21,22)/q-1/t10-/m0/s1. The molecule has 9 heteroatoms. The van der Waals surface area contributed by atoms with Gasteiger partial charge in [0.05, 0.1) is 5.75 Å². The van der Waals surface area contributed by atoms with Gasteiger partial charge < -0.3 is 25.3 Å². The van der Waals surface area contributed by atoms with Gasteiger partial charge in [-0.05, 0) is 11.6 Å². The number of benzene rings is 1. The van der Waals surface area contributed by atoms with Crippen molar-refractivity contribution in [3.63, 3.8) is 0 Å². The number of aromatic carboxylic acids is 1. The lowest BCUT2D eigenvalue weighted by atomic mass is 9.85. The summed E-state index contributed by atoms with van der Waals surface area (Å²) >= 11 is 0. The number of aliphatic carboxylic acids is 1. The number of hydrogen-bond donors (Lipinski definition) is 3. The maximum atomic E-state index is 11.6. The number of fused-ring (bicyclic) bond motifs is 1. The lowest BCUT2D eigenvalue weighted by Crippen LogP contribution is -2.58. The van der Waals surface area contributed by atoms with Crippen LogP contribution < -0.4 is 15.1 Å². The molecule has 0 saturated carbocycles. The first-order valence-corrected chi connectivity index (χ1v) is 7.70. The molecule has 3 rings (SSSR count). The number of nitrogens with zero attached hydrogens (tertiary/aromatic N) is 1. The smallest absolute Gasteiger partial charge is 0.343 e. The molecular formula is C15H18BN2O6-. The van der Waals surface area contributed by atoms with Gasteiger partial charge in [-0.2, -0.15) is 6.32 Å². The van der Waals surface area contributed by atoms with Crippen LogP contribution in [0.2, 0.25) is 6.32 Å². The van der Waals surface area contributed by atoms with Crippen LogP contribution in [0.25, 0.3) is 0 Å². The van der Waals surface area contributed by atoms with Gasteiger partial charge in [0.25, 0.3) is 0 Å². The number of ether oxygens (including phenoxy) is 1. The van der Waals surface area contributed by atoms with Gasteiger partial charge in [0.15, 0.2) is 0 Å². The number of rotatable bonds is 6. The molecule has 2 aliphatic heterocycles. The second kappa shape index (κ2) is 6.70. The number of carboxylic acid groups (broad SMARTS) is 2. The van der Waals surface area contributed by atoms with E-state index in [1.54, 1.807) is 13.5 Å². The number of likely N-dealkylation sites (tertiary alicyclic amines) is 1. The number of nitrogens with two attached hydrogens (primary N) is 1. The molecule has 4 N–H and O–H groups in total. The summed E-state index contributed by atoms with van der Waals surface area (Å²) in [5.74, 6) is -1.53. The van der Waals surface area contributed by atoms with E-state index in [4.69, 9.17) is 20.2 Å². The Morgan fingerprint density at radius 1 is 1.42 bits per heavy atom. The molecule has 2 aliphatic rings. The summed E-state index contributed by atoms with van der Waals surface area (Å²) in [4.78, 5) is 24.2. The van der Waals surface area contributed by atoms with Crippen molar-refractivity contribution >= 4 is 19.4 Å². The van der Waals surface area contributed by atoms with Crippen molar-refractivity contribution in [3.05, 3.63) is 23.3 Å². The maximum absolute atomic E-state index is 11.6. The molecule has 0 aromatic heterocycles. The highest BCUT2D eigenvalue weighted by Crippen LogP contribution is 2.36. The van der Waals surface area contributed by atoms with Crippen LogP contribution in [0.15, 0.2) is 12.1 Å². The Labute approximate surface area is 139 Å². The number of carboxylic acids is 2. The van der Waals surface area contributed by atoms with E-state index in [1.165, 1.54) is 0 Å². The van der Waals surface area contributed by atoms with Gasteiger partial charge in [0.1, 0.15) is 23.5 Å². The zero-order valence-corrected chi connectivity index (χ0v) is 13.0. The van der Waals surface area contributed by atoms with Gasteiger partial charge in [-0.25, -0.2) is 4.79 Å². The van der Waals surface area contributed by atoms with E-state index in [9.17, 15) is 14.7 Å². The lowest BCUT2D eigenvalue weighted by molar-refractivity contribution is -0.139. The molecule has 0 spiro atoms. The van der Waals surface area contributed by atoms with Crippen LogP contribution >= 0.6 is 0 Å². The molecule has 24 heavy (non-hydrogen) atoms. The van der Waals surface area contributed by atoms with Crippen molar-refractivity contribution in [1.82, 2.24) is 4.90 Å². The van der Waals surface area contributed by atoms with Crippen molar-refractivity contribution in [2.45, 2.75) is 24.9 Å². The molecule has 128 valence electrons. The average molecular weight is 333 g/mol.